The summed E-state index contributed by atoms with van der Waals surface area (Å²) in [4.78, 5) is 23.0. The summed E-state index contributed by atoms with van der Waals surface area (Å²) in [6.45, 7) is 0.924. The van der Waals surface area contributed by atoms with E-state index in [1.165, 1.54) is 0 Å². The molecule has 0 radical (unpaired) electrons. The highest BCUT2D eigenvalue weighted by atomic mass is 16.5. The summed E-state index contributed by atoms with van der Waals surface area (Å²) in [5.74, 6) is 1.47. The second kappa shape index (κ2) is 13.0. The van der Waals surface area contributed by atoms with Crippen molar-refractivity contribution in [3.05, 3.63) is 83.4 Å². The van der Waals surface area contributed by atoms with E-state index < -0.39 is 6.09 Å². The zero-order chi connectivity index (χ0) is 25.0. The summed E-state index contributed by atoms with van der Waals surface area (Å²) in [6.07, 6.45) is 0.288. The maximum Gasteiger partial charge on any atom is 0.411 e. The van der Waals surface area contributed by atoms with E-state index in [9.17, 15) is 9.59 Å². The van der Waals surface area contributed by atoms with Crippen LogP contribution in [0.4, 0.5) is 10.5 Å². The van der Waals surface area contributed by atoms with E-state index in [1.54, 1.807) is 21.3 Å². The minimum atomic E-state index is -0.532. The highest BCUT2D eigenvalue weighted by molar-refractivity contribution is 5.84. The minimum absolute atomic E-state index is 0.122. The van der Waals surface area contributed by atoms with Gasteiger partial charge in [0.05, 0.1) is 27.9 Å². The van der Waals surface area contributed by atoms with Gasteiger partial charge in [0.25, 0.3) is 0 Å². The maximum atomic E-state index is 12.2. The Morgan fingerprint density at radius 1 is 0.886 bits per heavy atom. The maximum absolute atomic E-state index is 12.2. The lowest BCUT2D eigenvalue weighted by molar-refractivity contribution is -0.107. The van der Waals surface area contributed by atoms with E-state index in [0.717, 1.165) is 23.0 Å². The quantitative estimate of drug-likeness (QED) is 0.295. The van der Waals surface area contributed by atoms with E-state index >= 15 is 0 Å². The average molecular weight is 479 g/mol. The molecule has 0 spiro atoms. The fourth-order valence-electron chi connectivity index (χ4n) is 3.69. The highest BCUT2D eigenvalue weighted by Gasteiger charge is 2.20. The number of nitrogens with one attached hydrogen (secondary N) is 2. The normalized spacial score (nSPS) is 11.3. The van der Waals surface area contributed by atoms with Gasteiger partial charge in [-0.25, -0.2) is 4.79 Å². The Morgan fingerprint density at radius 2 is 1.54 bits per heavy atom. The summed E-state index contributed by atoms with van der Waals surface area (Å²) in [7, 11) is 4.69. The first-order chi connectivity index (χ1) is 17.1. The van der Waals surface area contributed by atoms with Gasteiger partial charge in [-0.3, -0.25) is 5.32 Å². The van der Waals surface area contributed by atoms with Gasteiger partial charge in [-0.2, -0.15) is 0 Å². The molecule has 8 nitrogen and oxygen atoms in total. The molecule has 3 aromatic rings. The average Bonchev–Trinajstić information content (AvgIpc) is 2.90. The number of methoxy groups -OCH3 is 3. The van der Waals surface area contributed by atoms with Crippen LogP contribution in [-0.4, -0.2) is 46.8 Å². The van der Waals surface area contributed by atoms with Gasteiger partial charge in [0, 0.05) is 18.2 Å². The molecule has 184 valence electrons. The first-order valence-electron chi connectivity index (χ1n) is 11.1. The molecule has 1 atom stereocenters. The third-order valence-electron chi connectivity index (χ3n) is 5.44. The van der Waals surface area contributed by atoms with Crippen LogP contribution in [0.5, 0.6) is 17.2 Å². The number of aldehydes is 1. The lowest BCUT2D eigenvalue weighted by atomic mass is 9.90. The molecule has 1 unspecified atom stereocenters. The Labute approximate surface area is 205 Å². The Bertz CT molecular complexity index is 1080. The third-order valence-corrected chi connectivity index (χ3v) is 5.44. The molecule has 1 amide bonds. The Balaban J connectivity index is 1.78. The van der Waals surface area contributed by atoms with Crippen LogP contribution in [-0.2, 0) is 16.1 Å². The standard InChI is InChI=1S/C27H30N2O6/c1-32-24-15-21(16-25(33-2)26(24)34-3)23(17-28-13-14-30)20-9-11-22(12-10-20)29-27(31)35-18-19-7-5-4-6-8-19/h4-12,14-16,23,28H,13,17-18H2,1-3H3,(H,29,31). The number of benzene rings is 3. The molecular weight excluding hydrogens is 448 g/mol. The molecule has 0 aliphatic carbocycles. The Morgan fingerprint density at radius 3 is 2.11 bits per heavy atom. The molecule has 0 aliphatic heterocycles. The van der Waals surface area contributed by atoms with Crippen molar-refractivity contribution < 1.29 is 28.5 Å². The van der Waals surface area contributed by atoms with Crippen LogP contribution >= 0.6 is 0 Å². The molecule has 0 saturated heterocycles. The lowest BCUT2D eigenvalue weighted by Crippen LogP contribution is -2.24. The molecule has 2 N–H and O–H groups in total. The molecule has 0 aliphatic rings. The van der Waals surface area contributed by atoms with Crippen LogP contribution < -0.4 is 24.8 Å². The molecule has 3 aromatic carbocycles. The predicted octanol–water partition coefficient (Wildman–Crippen LogP) is 4.38. The number of ether oxygens (including phenoxy) is 4. The van der Waals surface area contributed by atoms with Gasteiger partial charge in [0.2, 0.25) is 5.75 Å². The largest absolute Gasteiger partial charge is 0.493 e. The van der Waals surface area contributed by atoms with Crippen LogP contribution in [0, 0.1) is 0 Å². The second-order valence-corrected chi connectivity index (χ2v) is 7.64. The van der Waals surface area contributed by atoms with Crippen molar-refractivity contribution in [2.45, 2.75) is 12.5 Å². The van der Waals surface area contributed by atoms with Gasteiger partial charge in [0.1, 0.15) is 12.9 Å². The van der Waals surface area contributed by atoms with Crippen LogP contribution in [0.1, 0.15) is 22.6 Å². The van der Waals surface area contributed by atoms with E-state index in [-0.39, 0.29) is 19.1 Å². The smallest absolute Gasteiger partial charge is 0.411 e. The topological polar surface area (TPSA) is 95.1 Å². The first-order valence-corrected chi connectivity index (χ1v) is 11.1. The van der Waals surface area contributed by atoms with Crippen LogP contribution in [0.15, 0.2) is 66.7 Å². The van der Waals surface area contributed by atoms with Crippen molar-refractivity contribution in [2.24, 2.45) is 0 Å². The molecule has 0 bridgehead atoms. The van der Waals surface area contributed by atoms with Gasteiger partial charge in [0.15, 0.2) is 11.5 Å². The predicted molar refractivity (Wildman–Crippen MR) is 134 cm³/mol. The van der Waals surface area contributed by atoms with Crippen molar-refractivity contribution in [3.63, 3.8) is 0 Å². The first kappa shape index (κ1) is 25.6. The molecule has 3 rings (SSSR count). The van der Waals surface area contributed by atoms with Crippen molar-refractivity contribution >= 4 is 18.1 Å². The monoisotopic (exact) mass is 478 g/mol. The number of carbonyl (C=O) groups excluding carboxylic acids is 2. The van der Waals surface area contributed by atoms with Gasteiger partial charge in [-0.1, -0.05) is 42.5 Å². The molecule has 0 heterocycles. The molecule has 35 heavy (non-hydrogen) atoms. The summed E-state index contributed by atoms with van der Waals surface area (Å²) in [5, 5.41) is 5.89. The van der Waals surface area contributed by atoms with Gasteiger partial charge < -0.3 is 29.1 Å². The van der Waals surface area contributed by atoms with Crippen LogP contribution in [0.25, 0.3) is 0 Å². The summed E-state index contributed by atoms with van der Waals surface area (Å²) < 4.78 is 21.7. The number of amides is 1. The zero-order valence-corrected chi connectivity index (χ0v) is 20.1. The van der Waals surface area contributed by atoms with E-state index in [1.807, 2.05) is 66.7 Å². The zero-order valence-electron chi connectivity index (χ0n) is 20.1. The molecule has 0 fully saturated rings. The van der Waals surface area contributed by atoms with E-state index in [2.05, 4.69) is 10.6 Å². The summed E-state index contributed by atoms with van der Waals surface area (Å²) >= 11 is 0. The van der Waals surface area contributed by atoms with E-state index in [4.69, 9.17) is 18.9 Å². The summed E-state index contributed by atoms with van der Waals surface area (Å²) in [5.41, 5.74) is 3.41. The fraction of sp³-hybridized carbons (Fsp3) is 0.259. The molecule has 0 saturated carbocycles. The van der Waals surface area contributed by atoms with Crippen LogP contribution in [0.2, 0.25) is 0 Å². The number of rotatable bonds is 12. The molecule has 0 aromatic heterocycles. The molecule has 8 heteroatoms. The van der Waals surface area contributed by atoms with Gasteiger partial charge in [-0.05, 0) is 41.0 Å². The number of carbonyl (C=O) groups is 2. The van der Waals surface area contributed by atoms with Gasteiger partial charge in [-0.15, -0.1) is 0 Å². The SMILES string of the molecule is COc1cc(C(CNCC=O)c2ccc(NC(=O)OCc3ccccc3)cc2)cc(OC)c1OC. The van der Waals surface area contributed by atoms with E-state index in [0.29, 0.717) is 29.5 Å². The Hall–Kier alpha value is -4.04. The van der Waals surface area contributed by atoms with Crippen molar-refractivity contribution in [1.82, 2.24) is 5.32 Å². The highest BCUT2D eigenvalue weighted by Crippen LogP contribution is 2.41. The Kier molecular flexibility index (Phi) is 9.50. The fourth-order valence-corrected chi connectivity index (χ4v) is 3.69. The molecular formula is C27H30N2O6. The van der Waals surface area contributed by atoms with Gasteiger partial charge >= 0.3 is 6.09 Å². The second-order valence-electron chi connectivity index (χ2n) is 7.64. The number of hydrogen-bond acceptors (Lipinski definition) is 7. The van der Waals surface area contributed by atoms with Crippen molar-refractivity contribution in [3.8, 4) is 17.2 Å². The lowest BCUT2D eigenvalue weighted by Gasteiger charge is -2.21. The number of anilines is 1. The third kappa shape index (κ3) is 6.97. The number of hydrogen-bond donors (Lipinski definition) is 2. The van der Waals surface area contributed by atoms with Crippen LogP contribution in [0.3, 0.4) is 0 Å². The van der Waals surface area contributed by atoms with Crippen molar-refractivity contribution in [1.29, 1.82) is 0 Å². The minimum Gasteiger partial charge on any atom is -0.493 e. The van der Waals surface area contributed by atoms with Crippen molar-refractivity contribution in [2.75, 3.05) is 39.7 Å². The summed E-state index contributed by atoms with van der Waals surface area (Å²) in [6, 6.07) is 20.7.